The summed E-state index contributed by atoms with van der Waals surface area (Å²) in [6.07, 6.45) is 2.05. The smallest absolute Gasteiger partial charge is 0.303 e. The highest BCUT2D eigenvalue weighted by molar-refractivity contribution is 5.79. The monoisotopic (exact) mass is 386 g/mol. The first kappa shape index (κ1) is 19.9. The summed E-state index contributed by atoms with van der Waals surface area (Å²) in [5.41, 5.74) is 2.71. The molecule has 1 aromatic heterocycles. The first-order chi connectivity index (χ1) is 13.4. The summed E-state index contributed by atoms with van der Waals surface area (Å²) in [5, 5.41) is 12.8. The molecular formula is C21H26N2O5. The van der Waals surface area contributed by atoms with Crippen LogP contribution in [-0.4, -0.2) is 40.1 Å². The fourth-order valence-electron chi connectivity index (χ4n) is 3.49. The molecule has 0 aliphatic carbocycles. The number of amides is 1. The lowest BCUT2D eigenvalue weighted by Crippen LogP contribution is -2.39. The maximum absolute atomic E-state index is 12.5. The first-order valence-corrected chi connectivity index (χ1v) is 9.55. The molecule has 1 N–H and O–H groups in total. The standard InChI is InChI=1S/C21H26N2O5/c1-14-19(15(2)28-22-14)13-27-18-5-3-16(4-6-18)11-20(24)23-9-7-17(8-10-23)12-21(25)26/h3-6,17H,7-13H2,1-2H3,(H,25,26). The molecule has 0 bridgehead atoms. The number of benzene rings is 1. The van der Waals surface area contributed by atoms with Gasteiger partial charge in [-0.1, -0.05) is 17.3 Å². The molecular weight excluding hydrogens is 360 g/mol. The van der Waals surface area contributed by atoms with Gasteiger partial charge in [-0.2, -0.15) is 0 Å². The Morgan fingerprint density at radius 1 is 1.21 bits per heavy atom. The summed E-state index contributed by atoms with van der Waals surface area (Å²) >= 11 is 0. The molecule has 7 nitrogen and oxygen atoms in total. The molecule has 150 valence electrons. The molecule has 1 amide bonds. The number of aliphatic carboxylic acids is 1. The molecule has 1 aromatic carbocycles. The average molecular weight is 386 g/mol. The lowest BCUT2D eigenvalue weighted by molar-refractivity contribution is -0.138. The minimum atomic E-state index is -0.763. The molecule has 0 unspecified atom stereocenters. The van der Waals surface area contributed by atoms with Gasteiger partial charge in [0, 0.05) is 19.5 Å². The molecule has 0 atom stereocenters. The SMILES string of the molecule is Cc1noc(C)c1COc1ccc(CC(=O)N2CCC(CC(=O)O)CC2)cc1. The van der Waals surface area contributed by atoms with E-state index in [2.05, 4.69) is 5.16 Å². The molecule has 3 rings (SSSR count). The van der Waals surface area contributed by atoms with E-state index in [1.165, 1.54) is 0 Å². The minimum absolute atomic E-state index is 0.0816. The van der Waals surface area contributed by atoms with Crippen molar-refractivity contribution < 1.29 is 24.0 Å². The molecule has 2 heterocycles. The number of aryl methyl sites for hydroxylation is 2. The van der Waals surface area contributed by atoms with Gasteiger partial charge < -0.3 is 19.3 Å². The zero-order chi connectivity index (χ0) is 20.1. The van der Waals surface area contributed by atoms with Crippen molar-refractivity contribution in [2.24, 2.45) is 5.92 Å². The van der Waals surface area contributed by atoms with E-state index < -0.39 is 5.97 Å². The largest absolute Gasteiger partial charge is 0.489 e. The number of carboxylic acids is 1. The van der Waals surface area contributed by atoms with E-state index in [0.717, 1.165) is 41.2 Å². The van der Waals surface area contributed by atoms with Crippen molar-refractivity contribution in [3.05, 3.63) is 46.8 Å². The van der Waals surface area contributed by atoms with Gasteiger partial charge in [0.15, 0.2) is 0 Å². The summed E-state index contributed by atoms with van der Waals surface area (Å²) in [7, 11) is 0. The number of hydrogen-bond donors (Lipinski definition) is 1. The Morgan fingerprint density at radius 3 is 2.46 bits per heavy atom. The molecule has 1 aliphatic heterocycles. The van der Waals surface area contributed by atoms with Gasteiger partial charge in [0.2, 0.25) is 5.91 Å². The molecule has 7 heteroatoms. The molecule has 1 aliphatic rings. The van der Waals surface area contributed by atoms with Gasteiger partial charge in [0.1, 0.15) is 18.1 Å². The number of rotatable bonds is 7. The van der Waals surface area contributed by atoms with Crippen LogP contribution in [0.1, 0.15) is 41.8 Å². The number of piperidine rings is 1. The molecule has 0 saturated carbocycles. The van der Waals surface area contributed by atoms with Gasteiger partial charge in [0.05, 0.1) is 17.7 Å². The number of likely N-dealkylation sites (tertiary alicyclic amines) is 1. The van der Waals surface area contributed by atoms with Crippen molar-refractivity contribution in [1.29, 1.82) is 0 Å². The summed E-state index contributed by atoms with van der Waals surface area (Å²) in [6.45, 7) is 5.40. The van der Waals surface area contributed by atoms with Crippen LogP contribution in [-0.2, 0) is 22.6 Å². The first-order valence-electron chi connectivity index (χ1n) is 9.55. The van der Waals surface area contributed by atoms with Crippen LogP contribution >= 0.6 is 0 Å². The molecule has 1 saturated heterocycles. The van der Waals surface area contributed by atoms with Crippen LogP contribution in [0.15, 0.2) is 28.8 Å². The Morgan fingerprint density at radius 2 is 1.89 bits per heavy atom. The van der Waals surface area contributed by atoms with Crippen molar-refractivity contribution in [2.45, 2.75) is 46.1 Å². The van der Waals surface area contributed by atoms with Crippen molar-refractivity contribution in [3.8, 4) is 5.75 Å². The number of carbonyl (C=O) groups excluding carboxylic acids is 1. The van der Waals surface area contributed by atoms with E-state index in [4.69, 9.17) is 14.4 Å². The van der Waals surface area contributed by atoms with E-state index >= 15 is 0 Å². The maximum Gasteiger partial charge on any atom is 0.303 e. The summed E-state index contributed by atoms with van der Waals surface area (Å²) in [6, 6.07) is 7.52. The van der Waals surface area contributed by atoms with Gasteiger partial charge in [-0.3, -0.25) is 9.59 Å². The summed E-state index contributed by atoms with van der Waals surface area (Å²) in [5.74, 6) is 0.979. The second-order valence-electron chi connectivity index (χ2n) is 7.33. The molecule has 0 radical (unpaired) electrons. The lowest BCUT2D eigenvalue weighted by Gasteiger charge is -2.31. The van der Waals surface area contributed by atoms with Crippen LogP contribution in [0.4, 0.5) is 0 Å². The minimum Gasteiger partial charge on any atom is -0.489 e. The third kappa shape index (κ3) is 5.12. The number of aromatic nitrogens is 1. The second-order valence-corrected chi connectivity index (χ2v) is 7.33. The highest BCUT2D eigenvalue weighted by Crippen LogP contribution is 2.22. The van der Waals surface area contributed by atoms with E-state index in [9.17, 15) is 9.59 Å². The van der Waals surface area contributed by atoms with E-state index in [0.29, 0.717) is 26.1 Å². The second kappa shape index (κ2) is 8.91. The van der Waals surface area contributed by atoms with Crippen molar-refractivity contribution >= 4 is 11.9 Å². The third-order valence-corrected chi connectivity index (χ3v) is 5.27. The van der Waals surface area contributed by atoms with Gasteiger partial charge in [-0.25, -0.2) is 0 Å². The average Bonchev–Trinajstić information content (AvgIpc) is 2.99. The lowest BCUT2D eigenvalue weighted by atomic mass is 9.93. The van der Waals surface area contributed by atoms with Crippen molar-refractivity contribution in [1.82, 2.24) is 10.1 Å². The summed E-state index contributed by atoms with van der Waals surface area (Å²) < 4.78 is 10.9. The number of hydrogen-bond acceptors (Lipinski definition) is 5. The van der Waals surface area contributed by atoms with Gasteiger partial charge in [0.25, 0.3) is 0 Å². The fraction of sp³-hybridized carbons (Fsp3) is 0.476. The van der Waals surface area contributed by atoms with Gasteiger partial charge in [-0.05, 0) is 50.3 Å². The van der Waals surface area contributed by atoms with Crippen molar-refractivity contribution in [2.75, 3.05) is 13.1 Å². The van der Waals surface area contributed by atoms with Gasteiger partial charge >= 0.3 is 5.97 Å². The Kier molecular flexibility index (Phi) is 6.34. The van der Waals surface area contributed by atoms with Gasteiger partial charge in [-0.15, -0.1) is 0 Å². The van der Waals surface area contributed by atoms with Crippen molar-refractivity contribution in [3.63, 3.8) is 0 Å². The Labute approximate surface area is 164 Å². The quantitative estimate of drug-likeness (QED) is 0.786. The topological polar surface area (TPSA) is 92.9 Å². The normalized spacial score (nSPS) is 14.9. The predicted octanol–water partition coefficient (Wildman–Crippen LogP) is 3.13. The highest BCUT2D eigenvalue weighted by atomic mass is 16.5. The predicted molar refractivity (Wildman–Crippen MR) is 102 cm³/mol. The number of carbonyl (C=O) groups is 2. The Balaban J connectivity index is 1.47. The molecule has 0 spiro atoms. The fourth-order valence-corrected chi connectivity index (χ4v) is 3.49. The maximum atomic E-state index is 12.5. The van der Waals surface area contributed by atoms with E-state index in [1.807, 2.05) is 43.0 Å². The van der Waals surface area contributed by atoms with Crippen LogP contribution in [0.25, 0.3) is 0 Å². The number of nitrogens with zero attached hydrogens (tertiary/aromatic N) is 2. The van der Waals surface area contributed by atoms with Crippen LogP contribution in [0.5, 0.6) is 5.75 Å². The molecule has 1 fully saturated rings. The zero-order valence-electron chi connectivity index (χ0n) is 16.3. The Bertz CT molecular complexity index is 800. The van der Waals surface area contributed by atoms with Crippen LogP contribution < -0.4 is 4.74 Å². The van der Waals surface area contributed by atoms with Crippen LogP contribution in [0.3, 0.4) is 0 Å². The molecule has 28 heavy (non-hydrogen) atoms. The number of ether oxygens (including phenoxy) is 1. The van der Waals surface area contributed by atoms with E-state index in [-0.39, 0.29) is 18.2 Å². The number of carboxylic acid groups (broad SMARTS) is 1. The molecule has 2 aromatic rings. The summed E-state index contributed by atoms with van der Waals surface area (Å²) in [4.78, 5) is 25.1. The highest BCUT2D eigenvalue weighted by Gasteiger charge is 2.24. The van der Waals surface area contributed by atoms with Crippen LogP contribution in [0.2, 0.25) is 0 Å². The van der Waals surface area contributed by atoms with Crippen LogP contribution in [0, 0.1) is 19.8 Å². The Hall–Kier alpha value is -2.83. The third-order valence-electron chi connectivity index (χ3n) is 5.27. The van der Waals surface area contributed by atoms with E-state index in [1.54, 1.807) is 0 Å². The zero-order valence-corrected chi connectivity index (χ0v) is 16.3.